The minimum atomic E-state index is -3.24. The molecular formula is C66H47OP. The zero-order valence-electron chi connectivity index (χ0n) is 37.8. The van der Waals surface area contributed by atoms with Gasteiger partial charge >= 0.3 is 0 Å². The van der Waals surface area contributed by atoms with Gasteiger partial charge in [0.25, 0.3) is 0 Å². The molecular weight excluding hydrogens is 840 g/mol. The molecule has 0 N–H and O–H groups in total. The smallest absolute Gasteiger partial charge is 0.171 e. The molecule has 0 amide bonds. The minimum Gasteiger partial charge on any atom is -0.309 e. The first-order chi connectivity index (χ1) is 33.5. The number of hydrogen-bond donors (Lipinski definition) is 0. The maximum atomic E-state index is 15.8. The number of aryl methyl sites for hydroxylation is 1. The highest BCUT2D eigenvalue weighted by molar-refractivity contribution is 7.85. The number of fused-ring (bicyclic) bond motifs is 4. The third-order valence-corrected chi connectivity index (χ3v) is 17.2. The normalized spacial score (nSPS) is 12.0. The van der Waals surface area contributed by atoms with Crippen molar-refractivity contribution in [2.24, 2.45) is 0 Å². The fraction of sp³-hybridized carbons (Fsp3) is 0.0303. The summed E-state index contributed by atoms with van der Waals surface area (Å²) >= 11 is 0. The van der Waals surface area contributed by atoms with E-state index in [1.165, 1.54) is 70.9 Å². The van der Waals surface area contributed by atoms with E-state index >= 15 is 4.57 Å². The van der Waals surface area contributed by atoms with Crippen LogP contribution in [0.1, 0.15) is 27.8 Å². The Morgan fingerprint density at radius 1 is 0.294 bits per heavy atom. The van der Waals surface area contributed by atoms with Crippen LogP contribution in [0, 0.1) is 6.92 Å². The van der Waals surface area contributed by atoms with Gasteiger partial charge in [-0.1, -0.05) is 266 Å². The highest BCUT2D eigenvalue weighted by atomic mass is 31.2. The molecule has 0 aliphatic rings. The van der Waals surface area contributed by atoms with Crippen LogP contribution in [0.3, 0.4) is 0 Å². The molecule has 0 atom stereocenters. The van der Waals surface area contributed by atoms with Gasteiger partial charge in [-0.3, -0.25) is 0 Å². The van der Waals surface area contributed by atoms with E-state index < -0.39 is 12.6 Å². The van der Waals surface area contributed by atoms with Gasteiger partial charge in [-0.25, -0.2) is 0 Å². The van der Waals surface area contributed by atoms with Crippen LogP contribution in [0.15, 0.2) is 267 Å². The predicted molar refractivity (Wildman–Crippen MR) is 290 cm³/mol. The highest BCUT2D eigenvalue weighted by Gasteiger charge is 2.40. The van der Waals surface area contributed by atoms with Crippen molar-refractivity contribution in [2.45, 2.75) is 12.3 Å². The monoisotopic (exact) mass is 886 g/mol. The van der Waals surface area contributed by atoms with Gasteiger partial charge in [0.05, 0.1) is 5.41 Å². The molecule has 68 heavy (non-hydrogen) atoms. The second kappa shape index (κ2) is 17.0. The zero-order valence-corrected chi connectivity index (χ0v) is 38.7. The summed E-state index contributed by atoms with van der Waals surface area (Å²) in [5.74, 6) is 0. The van der Waals surface area contributed by atoms with Crippen molar-refractivity contribution in [1.29, 1.82) is 0 Å². The van der Waals surface area contributed by atoms with Crippen LogP contribution in [-0.4, -0.2) is 0 Å². The van der Waals surface area contributed by atoms with E-state index in [2.05, 4.69) is 213 Å². The van der Waals surface area contributed by atoms with Crippen LogP contribution in [0.5, 0.6) is 0 Å². The standard InChI is InChI=1S/C66H47OP/c1-46-36-42-60-62(44-46)64(58-34-18-22-47-20-14-16-32-56(47)58)61-43-39-52(45-63(61)65(60)59-35-19-23-48-21-15-17-33-57(48)59)66(49-24-6-2-7-25-49,50-26-8-3-9-27-50)51-37-40-55(41-38-51)68(67,53-28-10-4-11-29-53)54-30-12-5-13-31-54/h2-45H,1H3. The molecule has 0 spiro atoms. The SMILES string of the molecule is Cc1ccc2c(-c3cccc4ccccc34)c3cc(C(c4ccccc4)(c4ccccc4)c4ccc(P(=O)(c5ccccc5)c5ccccc5)cc4)ccc3c(-c3cccc4ccccc34)c2c1. The molecule has 2 heteroatoms. The Hall–Kier alpha value is -8.09. The van der Waals surface area contributed by atoms with E-state index in [1.807, 2.05) is 60.7 Å². The van der Waals surface area contributed by atoms with E-state index in [4.69, 9.17) is 0 Å². The molecule has 322 valence electrons. The van der Waals surface area contributed by atoms with Crippen molar-refractivity contribution in [3.05, 3.63) is 295 Å². The van der Waals surface area contributed by atoms with Crippen LogP contribution in [0.2, 0.25) is 0 Å². The summed E-state index contributed by atoms with van der Waals surface area (Å²) in [6, 6.07) is 95.7. The Labute approximate surface area is 398 Å². The van der Waals surface area contributed by atoms with Crippen molar-refractivity contribution in [2.75, 3.05) is 0 Å². The fourth-order valence-corrected chi connectivity index (χ4v) is 13.7. The molecule has 12 aromatic rings. The highest BCUT2D eigenvalue weighted by Crippen LogP contribution is 2.51. The summed E-state index contributed by atoms with van der Waals surface area (Å²) in [5.41, 5.74) is 9.83. The van der Waals surface area contributed by atoms with Gasteiger partial charge in [0.15, 0.2) is 7.14 Å². The predicted octanol–water partition coefficient (Wildman–Crippen LogP) is 16.0. The molecule has 0 saturated carbocycles. The molecule has 0 radical (unpaired) electrons. The summed E-state index contributed by atoms with van der Waals surface area (Å²) in [7, 11) is -3.24. The molecule has 12 rings (SSSR count). The van der Waals surface area contributed by atoms with Gasteiger partial charge in [-0.05, 0) is 101 Å². The number of hydrogen-bond acceptors (Lipinski definition) is 1. The van der Waals surface area contributed by atoms with Gasteiger partial charge in [0, 0.05) is 15.9 Å². The summed E-state index contributed by atoms with van der Waals surface area (Å²) in [6.45, 7) is 2.20. The molecule has 1 nitrogen and oxygen atoms in total. The maximum absolute atomic E-state index is 15.8. The summed E-state index contributed by atoms with van der Waals surface area (Å²) in [5, 5.41) is 12.1. The molecule has 12 aromatic carbocycles. The molecule has 0 unspecified atom stereocenters. The van der Waals surface area contributed by atoms with Gasteiger partial charge in [0.1, 0.15) is 0 Å². The maximum Gasteiger partial charge on any atom is 0.171 e. The Morgan fingerprint density at radius 3 is 1.19 bits per heavy atom. The van der Waals surface area contributed by atoms with Crippen LogP contribution < -0.4 is 15.9 Å². The molecule has 0 aliphatic carbocycles. The number of benzene rings is 12. The van der Waals surface area contributed by atoms with Crippen molar-refractivity contribution >= 4 is 66.1 Å². The van der Waals surface area contributed by atoms with E-state index in [0.717, 1.165) is 38.2 Å². The zero-order chi connectivity index (χ0) is 45.7. The summed E-state index contributed by atoms with van der Waals surface area (Å²) in [6.07, 6.45) is 0. The summed E-state index contributed by atoms with van der Waals surface area (Å²) < 4.78 is 15.8. The van der Waals surface area contributed by atoms with Crippen LogP contribution in [0.25, 0.3) is 65.3 Å². The first kappa shape index (κ1) is 41.3. The van der Waals surface area contributed by atoms with Crippen LogP contribution in [-0.2, 0) is 9.98 Å². The molecule has 0 aliphatic heterocycles. The fourth-order valence-electron chi connectivity index (χ4n) is 11.1. The van der Waals surface area contributed by atoms with E-state index in [9.17, 15) is 0 Å². The van der Waals surface area contributed by atoms with E-state index in [0.29, 0.717) is 0 Å². The second-order valence-electron chi connectivity index (χ2n) is 17.9. The van der Waals surface area contributed by atoms with Crippen LogP contribution in [0.4, 0.5) is 0 Å². The topological polar surface area (TPSA) is 17.1 Å². The average Bonchev–Trinajstić information content (AvgIpc) is 3.41. The van der Waals surface area contributed by atoms with E-state index in [-0.39, 0.29) is 0 Å². The lowest BCUT2D eigenvalue weighted by Crippen LogP contribution is -2.32. The number of rotatable bonds is 9. The third kappa shape index (κ3) is 6.65. The minimum absolute atomic E-state index is 0.781. The lowest BCUT2D eigenvalue weighted by atomic mass is 9.64. The Bertz CT molecular complexity index is 3770. The van der Waals surface area contributed by atoms with Gasteiger partial charge in [-0.2, -0.15) is 0 Å². The Morgan fingerprint density at radius 2 is 0.676 bits per heavy atom. The Balaban J connectivity index is 1.21. The Kier molecular flexibility index (Phi) is 10.3. The van der Waals surface area contributed by atoms with Gasteiger partial charge < -0.3 is 4.57 Å². The van der Waals surface area contributed by atoms with E-state index in [1.54, 1.807) is 0 Å². The second-order valence-corrected chi connectivity index (χ2v) is 20.7. The summed E-state index contributed by atoms with van der Waals surface area (Å²) in [4.78, 5) is 0. The average molecular weight is 887 g/mol. The molecule has 0 saturated heterocycles. The quantitative estimate of drug-likeness (QED) is 0.0802. The van der Waals surface area contributed by atoms with Crippen molar-refractivity contribution < 1.29 is 4.57 Å². The lowest BCUT2D eigenvalue weighted by Gasteiger charge is -2.37. The first-order valence-electron chi connectivity index (χ1n) is 23.4. The van der Waals surface area contributed by atoms with Gasteiger partial charge in [-0.15, -0.1) is 0 Å². The lowest BCUT2D eigenvalue weighted by molar-refractivity contribution is 0.592. The van der Waals surface area contributed by atoms with Crippen molar-refractivity contribution in [1.82, 2.24) is 0 Å². The first-order valence-corrected chi connectivity index (χ1v) is 25.1. The van der Waals surface area contributed by atoms with Crippen molar-refractivity contribution in [3.8, 4) is 22.3 Å². The largest absolute Gasteiger partial charge is 0.309 e. The molecule has 0 heterocycles. The molecule has 0 fully saturated rings. The third-order valence-electron chi connectivity index (χ3n) is 14.1. The van der Waals surface area contributed by atoms with Crippen LogP contribution >= 0.6 is 7.14 Å². The molecule has 0 bridgehead atoms. The van der Waals surface area contributed by atoms with Gasteiger partial charge in [0.2, 0.25) is 0 Å². The molecule has 0 aromatic heterocycles. The van der Waals surface area contributed by atoms with Crippen molar-refractivity contribution in [3.63, 3.8) is 0 Å².